The van der Waals surface area contributed by atoms with Crippen LogP contribution in [0.2, 0.25) is 0 Å². The molecule has 1 aromatic carbocycles. The van der Waals surface area contributed by atoms with Crippen LogP contribution in [0.5, 0.6) is 5.75 Å². The number of carbonyl (C=O) groups excluding carboxylic acids is 2. The Morgan fingerprint density at radius 1 is 1.24 bits per heavy atom. The van der Waals surface area contributed by atoms with Crippen molar-refractivity contribution in [2.45, 2.75) is 39.4 Å². The van der Waals surface area contributed by atoms with Gasteiger partial charge in [-0.2, -0.15) is 0 Å². The quantitative estimate of drug-likeness (QED) is 0.474. The number of ether oxygens (including phenoxy) is 2. The number of fused-ring (bicyclic) bond motifs is 2. The first-order chi connectivity index (χ1) is 11.7. The Hall–Kier alpha value is -2.89. The molecule has 0 fully saturated rings. The lowest BCUT2D eigenvalue weighted by atomic mass is 9.89. The molecule has 3 rings (SSSR count). The van der Waals surface area contributed by atoms with Crippen LogP contribution in [0.1, 0.15) is 38.1 Å². The van der Waals surface area contributed by atoms with E-state index in [9.17, 15) is 14.4 Å². The molecule has 130 valence electrons. The van der Waals surface area contributed by atoms with Crippen LogP contribution in [0, 0.1) is 0 Å². The Labute approximate surface area is 144 Å². The van der Waals surface area contributed by atoms with Gasteiger partial charge in [0.1, 0.15) is 16.9 Å². The maximum absolute atomic E-state index is 12.9. The lowest BCUT2D eigenvalue weighted by Gasteiger charge is -2.38. The van der Waals surface area contributed by atoms with E-state index in [4.69, 9.17) is 13.9 Å². The van der Waals surface area contributed by atoms with Gasteiger partial charge in [0.05, 0.1) is 5.56 Å². The van der Waals surface area contributed by atoms with Crippen LogP contribution in [0.3, 0.4) is 0 Å². The maximum Gasteiger partial charge on any atom is 0.336 e. The second-order valence-electron chi connectivity index (χ2n) is 6.47. The summed E-state index contributed by atoms with van der Waals surface area (Å²) in [5.41, 5.74) is -0.514. The molecule has 6 nitrogen and oxygen atoms in total. The molecule has 0 saturated carbocycles. The molecule has 0 unspecified atom stereocenters. The standard InChI is InChI=1S/C19H18O6/c1-5-10(2)18(22)24-17-16(21)12-8-11-6-7-15(20)23-13(11)9-14(12)25-19(17,3)4/h5-9,17H,1-4H3/b10-5-/t17-/m0/s1. The first-order valence-electron chi connectivity index (χ1n) is 7.88. The number of allylic oxidation sites excluding steroid dienone is 1. The van der Waals surface area contributed by atoms with Crippen molar-refractivity contribution in [1.29, 1.82) is 0 Å². The predicted molar refractivity (Wildman–Crippen MR) is 90.8 cm³/mol. The van der Waals surface area contributed by atoms with Crippen LogP contribution >= 0.6 is 0 Å². The third kappa shape index (κ3) is 2.95. The molecule has 0 saturated heterocycles. The summed E-state index contributed by atoms with van der Waals surface area (Å²) >= 11 is 0. The third-order valence-corrected chi connectivity index (χ3v) is 4.21. The van der Waals surface area contributed by atoms with E-state index in [1.54, 1.807) is 45.9 Å². The molecule has 0 radical (unpaired) electrons. The molecule has 1 atom stereocenters. The smallest absolute Gasteiger partial charge is 0.336 e. The molecule has 1 aromatic heterocycles. The monoisotopic (exact) mass is 342 g/mol. The van der Waals surface area contributed by atoms with Gasteiger partial charge in [-0.1, -0.05) is 6.08 Å². The Bertz CT molecular complexity index is 964. The van der Waals surface area contributed by atoms with Gasteiger partial charge in [0, 0.05) is 23.1 Å². The minimum atomic E-state index is -1.07. The van der Waals surface area contributed by atoms with E-state index < -0.39 is 23.3 Å². The average Bonchev–Trinajstić information content (AvgIpc) is 2.55. The van der Waals surface area contributed by atoms with Crippen LogP contribution in [0.4, 0.5) is 0 Å². The van der Waals surface area contributed by atoms with Gasteiger partial charge in [-0.25, -0.2) is 9.59 Å². The molecule has 6 heteroatoms. The lowest BCUT2D eigenvalue weighted by molar-refractivity contribution is -0.151. The number of hydrogen-bond acceptors (Lipinski definition) is 6. The molecular formula is C19H18O6. The van der Waals surface area contributed by atoms with E-state index >= 15 is 0 Å². The minimum absolute atomic E-state index is 0.289. The zero-order valence-electron chi connectivity index (χ0n) is 14.4. The second-order valence-corrected chi connectivity index (χ2v) is 6.47. The largest absolute Gasteiger partial charge is 0.483 e. The topological polar surface area (TPSA) is 82.8 Å². The Kier molecular flexibility index (Phi) is 3.99. The maximum atomic E-state index is 12.9. The normalized spacial score (nSPS) is 19.3. The van der Waals surface area contributed by atoms with Crippen molar-refractivity contribution >= 4 is 22.7 Å². The summed E-state index contributed by atoms with van der Waals surface area (Å²) in [6.45, 7) is 6.67. The summed E-state index contributed by atoms with van der Waals surface area (Å²) in [4.78, 5) is 36.4. The van der Waals surface area contributed by atoms with Crippen LogP contribution in [0.15, 0.2) is 45.1 Å². The lowest BCUT2D eigenvalue weighted by Crippen LogP contribution is -2.52. The average molecular weight is 342 g/mol. The van der Waals surface area contributed by atoms with Crippen molar-refractivity contribution in [3.8, 4) is 5.75 Å². The fraction of sp³-hybridized carbons (Fsp3) is 0.316. The van der Waals surface area contributed by atoms with Crippen LogP contribution in [-0.4, -0.2) is 23.5 Å². The van der Waals surface area contributed by atoms with Gasteiger partial charge in [0.25, 0.3) is 0 Å². The van der Waals surface area contributed by atoms with Crippen LogP contribution in [-0.2, 0) is 9.53 Å². The zero-order valence-corrected chi connectivity index (χ0v) is 14.4. The summed E-state index contributed by atoms with van der Waals surface area (Å²) in [6, 6.07) is 5.94. The van der Waals surface area contributed by atoms with Gasteiger partial charge in [-0.15, -0.1) is 0 Å². The van der Waals surface area contributed by atoms with E-state index in [1.807, 2.05) is 0 Å². The number of benzene rings is 1. The van der Waals surface area contributed by atoms with Crippen molar-refractivity contribution in [2.24, 2.45) is 0 Å². The second kappa shape index (κ2) is 5.88. The predicted octanol–water partition coefficient (Wildman–Crippen LogP) is 3.02. The van der Waals surface area contributed by atoms with Crippen molar-refractivity contribution in [1.82, 2.24) is 0 Å². The zero-order chi connectivity index (χ0) is 18.4. The molecule has 1 aliphatic rings. The first kappa shape index (κ1) is 17.0. The van der Waals surface area contributed by atoms with Gasteiger partial charge in [0.2, 0.25) is 11.9 Å². The molecule has 0 spiro atoms. The molecule has 1 aliphatic heterocycles. The van der Waals surface area contributed by atoms with Crippen LogP contribution < -0.4 is 10.4 Å². The number of carbonyl (C=O) groups is 2. The Balaban J connectivity index is 2.07. The number of Topliss-reactive ketones (excluding diaryl/α,β-unsaturated/α-hetero) is 1. The molecule has 2 heterocycles. The number of ketones is 1. The first-order valence-corrected chi connectivity index (χ1v) is 7.88. The molecule has 2 aromatic rings. The highest BCUT2D eigenvalue weighted by atomic mass is 16.6. The van der Waals surface area contributed by atoms with E-state index in [0.29, 0.717) is 22.3 Å². The van der Waals surface area contributed by atoms with Crippen molar-refractivity contribution in [2.75, 3.05) is 0 Å². The molecule has 0 bridgehead atoms. The summed E-state index contributed by atoms with van der Waals surface area (Å²) in [7, 11) is 0. The molecule has 0 aliphatic carbocycles. The number of hydrogen-bond donors (Lipinski definition) is 0. The van der Waals surface area contributed by atoms with E-state index in [1.165, 1.54) is 12.1 Å². The van der Waals surface area contributed by atoms with E-state index in [-0.39, 0.29) is 11.3 Å². The highest BCUT2D eigenvalue weighted by Crippen LogP contribution is 2.37. The fourth-order valence-corrected chi connectivity index (χ4v) is 2.68. The fourth-order valence-electron chi connectivity index (χ4n) is 2.68. The third-order valence-electron chi connectivity index (χ3n) is 4.21. The molecule has 0 amide bonds. The highest BCUT2D eigenvalue weighted by molar-refractivity contribution is 6.07. The van der Waals surface area contributed by atoms with E-state index in [2.05, 4.69) is 0 Å². The van der Waals surface area contributed by atoms with Crippen molar-refractivity contribution < 1.29 is 23.5 Å². The molecular weight excluding hydrogens is 324 g/mol. The van der Waals surface area contributed by atoms with Crippen molar-refractivity contribution in [3.05, 3.63) is 51.9 Å². The SMILES string of the molecule is C/C=C(/C)C(=O)O[C@H]1C(=O)c2cc3ccc(=O)oc3cc2OC1(C)C. The van der Waals surface area contributed by atoms with Gasteiger partial charge in [0.15, 0.2) is 0 Å². The van der Waals surface area contributed by atoms with Gasteiger partial charge in [-0.05, 0) is 39.8 Å². The summed E-state index contributed by atoms with van der Waals surface area (Å²) < 4.78 is 16.4. The number of esters is 1. The number of rotatable bonds is 2. The molecule has 25 heavy (non-hydrogen) atoms. The Morgan fingerprint density at radius 2 is 1.96 bits per heavy atom. The highest BCUT2D eigenvalue weighted by Gasteiger charge is 2.46. The van der Waals surface area contributed by atoms with Gasteiger partial charge in [-0.3, -0.25) is 4.79 Å². The van der Waals surface area contributed by atoms with Gasteiger partial charge < -0.3 is 13.9 Å². The summed E-state index contributed by atoms with van der Waals surface area (Å²) in [5, 5.41) is 0.588. The summed E-state index contributed by atoms with van der Waals surface area (Å²) in [6.07, 6.45) is 0.544. The summed E-state index contributed by atoms with van der Waals surface area (Å²) in [5.74, 6) is -0.615. The van der Waals surface area contributed by atoms with Crippen molar-refractivity contribution in [3.63, 3.8) is 0 Å². The van der Waals surface area contributed by atoms with Gasteiger partial charge >= 0.3 is 11.6 Å². The Morgan fingerprint density at radius 3 is 2.64 bits per heavy atom. The van der Waals surface area contributed by atoms with E-state index in [0.717, 1.165) is 0 Å². The molecule has 0 N–H and O–H groups in total. The minimum Gasteiger partial charge on any atom is -0.483 e. The van der Waals surface area contributed by atoms with Crippen LogP contribution in [0.25, 0.3) is 11.0 Å².